The number of benzene rings is 4. The zero-order chi connectivity index (χ0) is 23.0. The van der Waals surface area contributed by atoms with Crippen LogP contribution in [0.15, 0.2) is 72.9 Å². The van der Waals surface area contributed by atoms with Gasteiger partial charge in [-0.25, -0.2) is 0 Å². The summed E-state index contributed by atoms with van der Waals surface area (Å²) in [6.45, 7) is 2.48. The summed E-state index contributed by atoms with van der Waals surface area (Å²) >= 11 is 0. The van der Waals surface area contributed by atoms with Crippen LogP contribution in [0.1, 0.15) is 19.4 Å². The molecule has 0 unspecified atom stereocenters. The van der Waals surface area contributed by atoms with Gasteiger partial charge < -0.3 is 4.74 Å². The van der Waals surface area contributed by atoms with Crippen molar-refractivity contribution >= 4 is 32.3 Å². The Kier molecular flexibility index (Phi) is 4.07. The normalized spacial score (nSPS) is 13.4. The van der Waals surface area contributed by atoms with Gasteiger partial charge in [0.2, 0.25) is 0 Å². The van der Waals surface area contributed by atoms with E-state index >= 15 is 0 Å². The zero-order valence-corrected chi connectivity index (χ0v) is 18.1. The summed E-state index contributed by atoms with van der Waals surface area (Å²) in [6.07, 6.45) is -2.57. The van der Waals surface area contributed by atoms with E-state index in [9.17, 15) is 13.2 Å². The monoisotopic (exact) mass is 443 g/mol. The first-order valence-corrected chi connectivity index (χ1v) is 10.8. The Labute approximate surface area is 188 Å². The Bertz CT molecular complexity index is 1580. The van der Waals surface area contributed by atoms with Crippen LogP contribution in [-0.4, -0.2) is 11.2 Å². The van der Waals surface area contributed by atoms with Crippen molar-refractivity contribution in [3.63, 3.8) is 0 Å². The minimum atomic E-state index is -4.27. The van der Waals surface area contributed by atoms with Gasteiger partial charge in [-0.3, -0.25) is 4.98 Å². The van der Waals surface area contributed by atoms with E-state index in [4.69, 9.17) is 4.74 Å². The summed E-state index contributed by atoms with van der Waals surface area (Å²) in [5, 5.41) is 5.92. The molecule has 0 N–H and O–H groups in total. The lowest BCUT2D eigenvalue weighted by atomic mass is 9.84. The fourth-order valence-corrected chi connectivity index (χ4v) is 4.74. The van der Waals surface area contributed by atoms with Crippen LogP contribution in [0.2, 0.25) is 0 Å². The van der Waals surface area contributed by atoms with E-state index in [0.29, 0.717) is 11.3 Å². The molecule has 5 heteroatoms. The minimum absolute atomic E-state index is 0.0862. The zero-order valence-electron chi connectivity index (χ0n) is 18.1. The van der Waals surface area contributed by atoms with Crippen molar-refractivity contribution in [2.24, 2.45) is 5.41 Å². The first-order chi connectivity index (χ1) is 15.7. The molecule has 2 nitrogen and oxygen atoms in total. The van der Waals surface area contributed by atoms with E-state index in [-0.39, 0.29) is 6.42 Å². The number of alkyl halides is 3. The van der Waals surface area contributed by atoms with Crippen LogP contribution >= 0.6 is 0 Å². The lowest BCUT2D eigenvalue weighted by molar-refractivity contribution is -0.211. The number of fused-ring (bicyclic) bond motifs is 5. The van der Waals surface area contributed by atoms with Gasteiger partial charge >= 0.3 is 6.18 Å². The fraction of sp³-hybridized carbons (Fsp3) is 0.179. The lowest BCUT2D eigenvalue weighted by Gasteiger charge is -2.28. The summed E-state index contributed by atoms with van der Waals surface area (Å²) in [7, 11) is 0. The Balaban J connectivity index is 1.55. The predicted octanol–water partition coefficient (Wildman–Crippen LogP) is 8.44. The molecule has 0 saturated carbocycles. The molecule has 0 saturated heterocycles. The first-order valence-electron chi connectivity index (χ1n) is 10.8. The van der Waals surface area contributed by atoms with Crippen LogP contribution in [0, 0.1) is 5.41 Å². The van der Waals surface area contributed by atoms with E-state index in [1.54, 1.807) is 12.3 Å². The molecule has 1 aromatic heterocycles. The van der Waals surface area contributed by atoms with Crippen LogP contribution in [0.5, 0.6) is 11.5 Å². The molecule has 0 radical (unpaired) electrons. The van der Waals surface area contributed by atoms with E-state index in [1.165, 1.54) is 13.8 Å². The van der Waals surface area contributed by atoms with Gasteiger partial charge in [-0.15, -0.1) is 0 Å². The maximum atomic E-state index is 13.4. The second-order valence-electron chi connectivity index (χ2n) is 9.37. The quantitative estimate of drug-likeness (QED) is 0.251. The molecular weight excluding hydrogens is 423 g/mol. The van der Waals surface area contributed by atoms with E-state index in [1.807, 2.05) is 48.5 Å². The number of hydrogen-bond donors (Lipinski definition) is 0. The van der Waals surface area contributed by atoms with Gasteiger partial charge in [-0.1, -0.05) is 56.3 Å². The Morgan fingerprint density at radius 3 is 2.27 bits per heavy atom. The molecule has 164 valence electrons. The Morgan fingerprint density at radius 1 is 0.788 bits per heavy atom. The minimum Gasteiger partial charge on any atom is -0.456 e. The maximum Gasteiger partial charge on any atom is 0.394 e. The van der Waals surface area contributed by atoms with Crippen molar-refractivity contribution in [3.05, 3.63) is 78.5 Å². The number of nitrogens with zero attached hydrogens (tertiary/aromatic N) is 1. The molecule has 1 aliphatic heterocycles. The van der Waals surface area contributed by atoms with Crippen molar-refractivity contribution in [3.8, 4) is 22.8 Å². The largest absolute Gasteiger partial charge is 0.456 e. The molecule has 0 amide bonds. The fourth-order valence-electron chi connectivity index (χ4n) is 4.74. The average Bonchev–Trinajstić information content (AvgIpc) is 2.77. The molecule has 33 heavy (non-hydrogen) atoms. The third-order valence-electron chi connectivity index (χ3n) is 6.63. The van der Waals surface area contributed by atoms with Gasteiger partial charge in [-0.05, 0) is 63.2 Å². The summed E-state index contributed by atoms with van der Waals surface area (Å²) in [6, 6.07) is 21.6. The number of halogens is 3. The second kappa shape index (κ2) is 6.70. The van der Waals surface area contributed by atoms with Crippen molar-refractivity contribution in [2.75, 3.05) is 0 Å². The predicted molar refractivity (Wildman–Crippen MR) is 126 cm³/mol. The maximum absolute atomic E-state index is 13.4. The molecule has 1 aliphatic rings. The van der Waals surface area contributed by atoms with Crippen molar-refractivity contribution in [1.29, 1.82) is 0 Å². The highest BCUT2D eigenvalue weighted by Gasteiger charge is 2.47. The molecular formula is C28H20F3NO. The van der Waals surface area contributed by atoms with Gasteiger partial charge in [0.1, 0.15) is 11.5 Å². The van der Waals surface area contributed by atoms with Crippen LogP contribution < -0.4 is 4.74 Å². The lowest BCUT2D eigenvalue weighted by Crippen LogP contribution is -2.34. The average molecular weight is 443 g/mol. The van der Waals surface area contributed by atoms with E-state index in [0.717, 1.165) is 49.3 Å². The van der Waals surface area contributed by atoms with E-state index in [2.05, 4.69) is 17.1 Å². The molecule has 6 rings (SSSR count). The Morgan fingerprint density at radius 2 is 1.52 bits per heavy atom. The van der Waals surface area contributed by atoms with Crippen molar-refractivity contribution in [2.45, 2.75) is 26.4 Å². The van der Waals surface area contributed by atoms with Gasteiger partial charge in [-0.2, -0.15) is 13.2 Å². The molecule has 0 aliphatic carbocycles. The second-order valence-corrected chi connectivity index (χ2v) is 9.37. The topological polar surface area (TPSA) is 22.1 Å². The van der Waals surface area contributed by atoms with Gasteiger partial charge in [0.25, 0.3) is 0 Å². The van der Waals surface area contributed by atoms with Crippen molar-refractivity contribution in [1.82, 2.24) is 4.98 Å². The summed E-state index contributed by atoms with van der Waals surface area (Å²) < 4.78 is 46.7. The van der Waals surface area contributed by atoms with Gasteiger partial charge in [0.05, 0.1) is 16.5 Å². The van der Waals surface area contributed by atoms with Crippen LogP contribution in [0.25, 0.3) is 43.6 Å². The molecule has 0 bridgehead atoms. The molecule has 0 spiro atoms. The highest BCUT2D eigenvalue weighted by atomic mass is 19.4. The first kappa shape index (κ1) is 20.0. The number of ether oxygens (including phenoxy) is 1. The van der Waals surface area contributed by atoms with Crippen LogP contribution in [0.3, 0.4) is 0 Å². The highest BCUT2D eigenvalue weighted by molar-refractivity contribution is 6.16. The third kappa shape index (κ3) is 3.06. The van der Waals surface area contributed by atoms with Crippen LogP contribution in [0.4, 0.5) is 13.2 Å². The summed E-state index contributed by atoms with van der Waals surface area (Å²) in [4.78, 5) is 4.68. The number of aromatic nitrogens is 1. The van der Waals surface area contributed by atoms with Crippen LogP contribution in [-0.2, 0) is 6.42 Å². The molecule has 0 atom stereocenters. The standard InChI is InChI=1S/C28H20F3NO/c1-27(2,28(29,30)31)15-16-7-8-20-19(11-16)14-24-25-21(20)9-10-32-26(25)22-12-17-5-3-4-6-18(17)13-23(22)33-24/h3-14H,15H2,1-2H3. The molecule has 5 aromatic rings. The van der Waals surface area contributed by atoms with Gasteiger partial charge in [0.15, 0.2) is 0 Å². The number of hydrogen-bond acceptors (Lipinski definition) is 2. The SMILES string of the molecule is CC(C)(Cc1ccc2c(c1)cc1c3c(nccc32)-c2cc3ccccc3cc2O1)C(F)(F)F. The molecule has 0 fully saturated rings. The number of rotatable bonds is 2. The van der Waals surface area contributed by atoms with E-state index < -0.39 is 11.6 Å². The summed E-state index contributed by atoms with van der Waals surface area (Å²) in [5.41, 5.74) is 0.639. The third-order valence-corrected chi connectivity index (χ3v) is 6.63. The smallest absolute Gasteiger partial charge is 0.394 e. The van der Waals surface area contributed by atoms with Gasteiger partial charge in [0, 0.05) is 11.8 Å². The Hall–Kier alpha value is -3.60. The van der Waals surface area contributed by atoms with Crippen molar-refractivity contribution < 1.29 is 17.9 Å². The highest BCUT2D eigenvalue weighted by Crippen LogP contribution is 2.49. The number of pyridine rings is 1. The summed E-state index contributed by atoms with van der Waals surface area (Å²) in [5.74, 6) is 1.41. The molecule has 4 aromatic carbocycles. The molecule has 2 heterocycles.